The number of fused-ring (bicyclic) bond motifs is 3. The minimum absolute atomic E-state index is 0.0997. The second-order valence-corrected chi connectivity index (χ2v) is 11.4. The SMILES string of the molecule is CC(=O)N[C@@H]1[C@@H](OC(C)=O)[C@H](OC(C)=O)[C@@H](COC(C)=O)O[C@H]1NC(=O)C[C@@H](NC(=O)OCC1c2ccccc2-c2ccccc21)C(=O)O. The van der Waals surface area contributed by atoms with Gasteiger partial charge in [-0.15, -0.1) is 0 Å². The topological polar surface area (TPSA) is 222 Å². The Balaban J connectivity index is 1.46. The summed E-state index contributed by atoms with van der Waals surface area (Å²) in [4.78, 5) is 85.8. The van der Waals surface area contributed by atoms with Crippen molar-refractivity contribution < 1.29 is 62.4 Å². The van der Waals surface area contributed by atoms with Crippen molar-refractivity contribution in [3.8, 4) is 11.1 Å². The highest BCUT2D eigenvalue weighted by atomic mass is 16.6. The molecule has 4 N–H and O–H groups in total. The fraction of sp³-hybridized carbons (Fsp3) is 0.424. The first kappa shape index (κ1) is 36.3. The van der Waals surface area contributed by atoms with Crippen LogP contribution in [-0.4, -0.2) is 96.7 Å². The second kappa shape index (κ2) is 16.1. The van der Waals surface area contributed by atoms with Crippen molar-refractivity contribution in [1.29, 1.82) is 0 Å². The molecule has 49 heavy (non-hydrogen) atoms. The second-order valence-electron chi connectivity index (χ2n) is 11.4. The molecule has 2 aromatic carbocycles. The number of nitrogens with one attached hydrogen (secondary N) is 3. The van der Waals surface area contributed by atoms with E-state index in [1.54, 1.807) is 0 Å². The Morgan fingerprint density at radius 3 is 1.86 bits per heavy atom. The average molecular weight is 684 g/mol. The van der Waals surface area contributed by atoms with E-state index >= 15 is 0 Å². The van der Waals surface area contributed by atoms with Crippen LogP contribution in [0, 0.1) is 0 Å². The van der Waals surface area contributed by atoms with Gasteiger partial charge in [-0.2, -0.15) is 0 Å². The molecular formula is C33H37N3O13. The predicted octanol–water partition coefficient (Wildman–Crippen LogP) is 1.14. The van der Waals surface area contributed by atoms with E-state index in [-0.39, 0.29) is 12.5 Å². The standard InChI is InChI=1S/C33H37N3O13/c1-16(37)34-28-30(48-19(4)40)29(47-18(3)39)26(15-45-17(2)38)49-31(28)36-27(41)13-25(32(42)43)35-33(44)46-14-24-22-11-7-5-9-20(22)21-10-6-8-12-23(21)24/h5-12,24-26,28-31H,13-15H2,1-4H3,(H,34,37)(H,35,44)(H,36,41)(H,42,43)/t25-,26-,28-,29-,30-,31-/m1/s1. The first-order chi connectivity index (χ1) is 23.2. The first-order valence-electron chi connectivity index (χ1n) is 15.3. The Morgan fingerprint density at radius 1 is 0.755 bits per heavy atom. The molecule has 1 saturated heterocycles. The normalized spacial score (nSPS) is 21.5. The van der Waals surface area contributed by atoms with Gasteiger partial charge in [-0.05, 0) is 22.3 Å². The molecule has 16 heteroatoms. The van der Waals surface area contributed by atoms with Crippen LogP contribution in [0.5, 0.6) is 0 Å². The lowest BCUT2D eigenvalue weighted by Gasteiger charge is -2.45. The van der Waals surface area contributed by atoms with Gasteiger partial charge in [-0.1, -0.05) is 48.5 Å². The van der Waals surface area contributed by atoms with Crippen LogP contribution < -0.4 is 16.0 Å². The summed E-state index contributed by atoms with van der Waals surface area (Å²) < 4.78 is 27.0. The fourth-order valence-electron chi connectivity index (χ4n) is 5.84. The molecule has 0 aromatic heterocycles. The van der Waals surface area contributed by atoms with E-state index in [2.05, 4.69) is 16.0 Å². The molecule has 1 aliphatic heterocycles. The van der Waals surface area contributed by atoms with Gasteiger partial charge in [0.15, 0.2) is 18.4 Å². The van der Waals surface area contributed by atoms with E-state index in [0.717, 1.165) is 49.9 Å². The van der Waals surface area contributed by atoms with Gasteiger partial charge in [0.2, 0.25) is 11.8 Å². The van der Waals surface area contributed by atoms with Crippen molar-refractivity contribution in [3.63, 3.8) is 0 Å². The number of carbonyl (C=O) groups excluding carboxylic acids is 6. The van der Waals surface area contributed by atoms with Crippen LogP contribution in [0.4, 0.5) is 4.79 Å². The van der Waals surface area contributed by atoms with Crippen LogP contribution >= 0.6 is 0 Å². The van der Waals surface area contributed by atoms with Gasteiger partial charge in [-0.25, -0.2) is 9.59 Å². The molecule has 4 rings (SSSR count). The Bertz CT molecular complexity index is 1570. The molecular weight excluding hydrogens is 646 g/mol. The number of amides is 3. The van der Waals surface area contributed by atoms with Gasteiger partial charge in [0.05, 0.1) is 6.42 Å². The largest absolute Gasteiger partial charge is 0.480 e. The van der Waals surface area contributed by atoms with Crippen LogP contribution in [-0.2, 0) is 52.5 Å². The lowest BCUT2D eigenvalue weighted by atomic mass is 9.95. The summed E-state index contributed by atoms with van der Waals surface area (Å²) in [5.74, 6) is -5.83. The number of esters is 3. The summed E-state index contributed by atoms with van der Waals surface area (Å²) >= 11 is 0. The molecule has 0 spiro atoms. The lowest BCUT2D eigenvalue weighted by Crippen LogP contribution is -2.69. The molecule has 1 fully saturated rings. The quantitative estimate of drug-likeness (QED) is 0.182. The summed E-state index contributed by atoms with van der Waals surface area (Å²) in [7, 11) is 0. The van der Waals surface area contributed by atoms with Crippen molar-refractivity contribution in [1.82, 2.24) is 16.0 Å². The minimum atomic E-state index is -1.76. The number of hydrogen-bond donors (Lipinski definition) is 4. The highest BCUT2D eigenvalue weighted by Crippen LogP contribution is 2.44. The van der Waals surface area contributed by atoms with Crippen molar-refractivity contribution in [2.24, 2.45) is 0 Å². The third kappa shape index (κ3) is 9.31. The van der Waals surface area contributed by atoms with E-state index in [0.29, 0.717) is 0 Å². The molecule has 16 nitrogen and oxygen atoms in total. The maximum atomic E-state index is 13.2. The highest BCUT2D eigenvalue weighted by Gasteiger charge is 2.51. The number of carboxylic acid groups (broad SMARTS) is 1. The Hall–Kier alpha value is -5.51. The van der Waals surface area contributed by atoms with Gasteiger partial charge < -0.3 is 44.7 Å². The summed E-state index contributed by atoms with van der Waals surface area (Å²) in [6.45, 7) is 3.77. The van der Waals surface area contributed by atoms with Crippen molar-refractivity contribution in [3.05, 3.63) is 59.7 Å². The fourth-order valence-corrected chi connectivity index (χ4v) is 5.84. The molecule has 0 unspecified atom stereocenters. The van der Waals surface area contributed by atoms with E-state index in [4.69, 9.17) is 23.7 Å². The van der Waals surface area contributed by atoms with E-state index in [1.165, 1.54) is 0 Å². The Labute approximate surface area is 280 Å². The molecule has 2 aromatic rings. The predicted molar refractivity (Wildman–Crippen MR) is 166 cm³/mol. The van der Waals surface area contributed by atoms with Gasteiger partial charge >= 0.3 is 30.0 Å². The summed E-state index contributed by atoms with van der Waals surface area (Å²) in [5.41, 5.74) is 3.89. The van der Waals surface area contributed by atoms with Crippen LogP contribution in [0.3, 0.4) is 0 Å². The molecule has 3 amide bonds. The zero-order valence-electron chi connectivity index (χ0n) is 27.1. The third-order valence-corrected chi connectivity index (χ3v) is 7.74. The molecule has 1 aliphatic carbocycles. The zero-order valence-corrected chi connectivity index (χ0v) is 27.1. The maximum Gasteiger partial charge on any atom is 0.407 e. The number of ether oxygens (including phenoxy) is 5. The van der Waals surface area contributed by atoms with Gasteiger partial charge in [0, 0.05) is 33.6 Å². The summed E-state index contributed by atoms with van der Waals surface area (Å²) in [6, 6.07) is 12.2. The van der Waals surface area contributed by atoms with Crippen LogP contribution in [0.25, 0.3) is 11.1 Å². The Kier molecular flexibility index (Phi) is 11.9. The molecule has 1 heterocycles. The number of carbonyl (C=O) groups is 7. The maximum absolute atomic E-state index is 13.2. The van der Waals surface area contributed by atoms with E-state index < -0.39 is 91.4 Å². The number of carboxylic acids is 1. The van der Waals surface area contributed by atoms with Crippen LogP contribution in [0.1, 0.15) is 51.2 Å². The molecule has 0 bridgehead atoms. The van der Waals surface area contributed by atoms with E-state index in [9.17, 15) is 38.7 Å². The van der Waals surface area contributed by atoms with Crippen molar-refractivity contribution >= 4 is 41.8 Å². The molecule has 6 atom stereocenters. The number of aliphatic carboxylic acids is 1. The minimum Gasteiger partial charge on any atom is -0.480 e. The zero-order chi connectivity index (χ0) is 35.8. The van der Waals surface area contributed by atoms with Gasteiger partial charge in [0.25, 0.3) is 0 Å². The molecule has 0 radical (unpaired) electrons. The summed E-state index contributed by atoms with van der Waals surface area (Å²) in [5, 5.41) is 16.9. The average Bonchev–Trinajstić information content (AvgIpc) is 3.34. The third-order valence-electron chi connectivity index (χ3n) is 7.74. The lowest BCUT2D eigenvalue weighted by molar-refractivity contribution is -0.228. The number of alkyl carbamates (subject to hydrolysis) is 1. The number of benzene rings is 2. The molecule has 0 saturated carbocycles. The summed E-state index contributed by atoms with van der Waals surface area (Å²) in [6.07, 6.45) is -7.55. The Morgan fingerprint density at radius 2 is 1.33 bits per heavy atom. The van der Waals surface area contributed by atoms with Crippen molar-refractivity contribution in [2.75, 3.05) is 13.2 Å². The van der Waals surface area contributed by atoms with Crippen LogP contribution in [0.15, 0.2) is 48.5 Å². The van der Waals surface area contributed by atoms with Crippen LogP contribution in [0.2, 0.25) is 0 Å². The number of hydrogen-bond acceptors (Lipinski definition) is 12. The van der Waals surface area contributed by atoms with Crippen molar-refractivity contribution in [2.45, 2.75) is 76.7 Å². The van der Waals surface area contributed by atoms with E-state index in [1.807, 2.05) is 48.5 Å². The molecule has 2 aliphatic rings. The first-order valence-corrected chi connectivity index (χ1v) is 15.3. The number of rotatable bonds is 12. The van der Waals surface area contributed by atoms with Gasteiger partial charge in [0.1, 0.15) is 31.4 Å². The highest BCUT2D eigenvalue weighted by molar-refractivity contribution is 5.87. The van der Waals surface area contributed by atoms with Gasteiger partial charge in [-0.3, -0.25) is 24.0 Å². The molecule has 262 valence electrons. The smallest absolute Gasteiger partial charge is 0.407 e. The monoisotopic (exact) mass is 683 g/mol.